The molecule has 10 rings (SSSR count). The van der Waals surface area contributed by atoms with Crippen LogP contribution in [0.4, 0.5) is 25.2 Å². The molecule has 2 aliphatic rings. The molecular weight excluding hydrogens is 886 g/mol. The zero-order valence-corrected chi connectivity index (χ0v) is 38.3. The summed E-state index contributed by atoms with van der Waals surface area (Å²) < 4.78 is 56.8. The van der Waals surface area contributed by atoms with Gasteiger partial charge >= 0.3 is 0 Å². The number of aryl methyl sites for hydroxylation is 2. The molecule has 0 spiro atoms. The average molecular weight is 935 g/mol. The number of oxazole rings is 2. The number of benzene rings is 4. The van der Waals surface area contributed by atoms with Gasteiger partial charge in [-0.15, -0.1) is 0 Å². The molecule has 69 heavy (non-hydrogen) atoms. The molecule has 8 aromatic rings. The number of anilines is 2. The average Bonchev–Trinajstić information content (AvgIpc) is 3.97. The molecule has 0 radical (unpaired) electrons. The van der Waals surface area contributed by atoms with Gasteiger partial charge in [-0.05, 0) is 130 Å². The summed E-state index contributed by atoms with van der Waals surface area (Å²) in [6, 6.07) is 20.5. The van der Waals surface area contributed by atoms with E-state index in [4.69, 9.17) is 13.8 Å². The van der Waals surface area contributed by atoms with Gasteiger partial charge in [0, 0.05) is 67.7 Å². The van der Waals surface area contributed by atoms with Crippen LogP contribution in [0.15, 0.2) is 106 Å². The molecular formula is C52H49F3N10O4. The highest BCUT2D eigenvalue weighted by Crippen LogP contribution is 2.35. The Morgan fingerprint density at radius 3 is 1.94 bits per heavy atom. The Morgan fingerprint density at radius 1 is 0.652 bits per heavy atom. The van der Waals surface area contributed by atoms with Crippen molar-refractivity contribution in [3.8, 4) is 22.8 Å². The van der Waals surface area contributed by atoms with Crippen LogP contribution >= 0.6 is 0 Å². The predicted octanol–water partition coefficient (Wildman–Crippen LogP) is 9.85. The maximum atomic E-state index is 15.7. The molecule has 2 saturated heterocycles. The lowest BCUT2D eigenvalue weighted by molar-refractivity contribution is 0.0516. The van der Waals surface area contributed by atoms with Crippen molar-refractivity contribution < 1.29 is 31.6 Å². The zero-order valence-electron chi connectivity index (χ0n) is 38.3. The summed E-state index contributed by atoms with van der Waals surface area (Å²) in [5, 5.41) is 6.58. The van der Waals surface area contributed by atoms with Crippen LogP contribution in [0.5, 0.6) is 0 Å². The first-order chi connectivity index (χ1) is 33.5. The number of nitrogens with one attached hydrogen (secondary N) is 2. The number of amides is 2. The van der Waals surface area contributed by atoms with E-state index < -0.39 is 23.5 Å². The third-order valence-corrected chi connectivity index (χ3v) is 13.4. The van der Waals surface area contributed by atoms with E-state index in [9.17, 15) is 14.0 Å². The number of hydrogen-bond acceptors (Lipinski definition) is 12. The molecule has 4 atom stereocenters. The van der Waals surface area contributed by atoms with Gasteiger partial charge in [0.2, 0.25) is 0 Å². The normalized spacial score (nSPS) is 18.5. The molecule has 0 unspecified atom stereocenters. The van der Waals surface area contributed by atoms with Crippen LogP contribution in [0.1, 0.15) is 70.1 Å². The third kappa shape index (κ3) is 9.32. The van der Waals surface area contributed by atoms with E-state index in [0.717, 1.165) is 18.4 Å². The van der Waals surface area contributed by atoms with Crippen molar-refractivity contribution >= 4 is 46.0 Å². The van der Waals surface area contributed by atoms with Crippen molar-refractivity contribution in [2.45, 2.75) is 65.0 Å². The van der Waals surface area contributed by atoms with Crippen molar-refractivity contribution in [1.82, 2.24) is 39.7 Å². The van der Waals surface area contributed by atoms with E-state index >= 15 is 8.78 Å². The number of carbonyl (C=O) groups excluding carboxylic acids is 2. The summed E-state index contributed by atoms with van der Waals surface area (Å²) in [5.41, 5.74) is 4.40. The fourth-order valence-electron chi connectivity index (χ4n) is 9.77. The standard InChI is InChI=1S/C52H49F3N10O4/c1-29-9-6-19-64(43(29)27-59-51-62-41-11-4-5-12-45(41)68-51)49(66)38-22-31(3)40(55)26-36(38)48-58-18-15-34(61-48)23-32-10-7-20-65(44(32)28-60-52-63-42-24-33(53)13-14-46(42)69-52)50(67)37-21-30(2)39(54)25-35(37)47-56-16-8-17-57-47/h4-5,8,11-18,21-22,24-26,29,32,43-44H,6-7,9-10,19-20,23,27-28H2,1-3H3,(H,59,62)(H,60,63)/t29-,32+,43-,44-/m1/s1. The molecule has 17 heteroatoms. The number of fused-ring (bicyclic) bond motifs is 2. The van der Waals surface area contributed by atoms with E-state index in [2.05, 4.69) is 42.5 Å². The quantitative estimate of drug-likeness (QED) is 0.119. The number of halogens is 3. The van der Waals surface area contributed by atoms with Gasteiger partial charge in [-0.25, -0.2) is 33.1 Å². The number of carbonyl (C=O) groups is 2. The number of likely N-dealkylation sites (tertiary alicyclic amines) is 2. The molecule has 0 saturated carbocycles. The first-order valence-electron chi connectivity index (χ1n) is 23.2. The fourth-order valence-corrected chi connectivity index (χ4v) is 9.77. The second-order valence-corrected chi connectivity index (χ2v) is 18.0. The number of hydrogen-bond donors (Lipinski definition) is 2. The summed E-state index contributed by atoms with van der Waals surface area (Å²) in [7, 11) is 0. The lowest BCUT2D eigenvalue weighted by atomic mass is 9.84. The summed E-state index contributed by atoms with van der Waals surface area (Å²) >= 11 is 0. The Morgan fingerprint density at radius 2 is 1.25 bits per heavy atom. The highest BCUT2D eigenvalue weighted by molar-refractivity contribution is 6.01. The van der Waals surface area contributed by atoms with Gasteiger partial charge in [0.05, 0.1) is 23.2 Å². The fraction of sp³-hybridized carbons (Fsp3) is 0.308. The number of rotatable bonds is 12. The van der Waals surface area contributed by atoms with Crippen molar-refractivity contribution in [2.24, 2.45) is 11.8 Å². The number of nitrogens with zero attached hydrogens (tertiary/aromatic N) is 8. The Hall–Kier alpha value is -7.69. The second kappa shape index (κ2) is 19.1. The monoisotopic (exact) mass is 934 g/mol. The zero-order chi connectivity index (χ0) is 47.8. The number of piperidine rings is 2. The largest absolute Gasteiger partial charge is 0.424 e. The lowest BCUT2D eigenvalue weighted by Crippen LogP contribution is -2.52. The minimum Gasteiger partial charge on any atom is -0.424 e. The van der Waals surface area contributed by atoms with E-state index in [1.165, 1.54) is 48.8 Å². The van der Waals surface area contributed by atoms with E-state index in [0.29, 0.717) is 78.4 Å². The highest BCUT2D eigenvalue weighted by Gasteiger charge is 2.38. The SMILES string of the molecule is Cc1cc(C(=O)N2CCC[C@@H](Cc3ccnc(-c4cc(F)c(C)cc4C(=O)N4CCC[C@@H](C)[C@H]4CNc4nc5ccccc5o4)n3)[C@H]2CNc2nc3cc(F)ccc3o2)c(-c2ncccn2)cc1F. The maximum absolute atomic E-state index is 15.7. The molecule has 0 bridgehead atoms. The first kappa shape index (κ1) is 45.1. The van der Waals surface area contributed by atoms with E-state index in [1.807, 2.05) is 29.2 Å². The van der Waals surface area contributed by atoms with Crippen molar-refractivity contribution in [3.05, 3.63) is 143 Å². The highest BCUT2D eigenvalue weighted by atomic mass is 19.1. The number of aromatic nitrogens is 6. The molecule has 352 valence electrons. The molecule has 4 aromatic carbocycles. The molecule has 2 fully saturated rings. The van der Waals surface area contributed by atoms with Gasteiger partial charge in [-0.1, -0.05) is 19.1 Å². The van der Waals surface area contributed by atoms with Crippen LogP contribution in [0, 0.1) is 43.1 Å². The van der Waals surface area contributed by atoms with Gasteiger partial charge in [0.25, 0.3) is 23.8 Å². The first-order valence-corrected chi connectivity index (χ1v) is 23.2. The molecule has 2 N–H and O–H groups in total. The predicted molar refractivity (Wildman–Crippen MR) is 254 cm³/mol. The Labute approximate surface area is 395 Å². The summed E-state index contributed by atoms with van der Waals surface area (Å²) in [6.45, 7) is 6.82. The van der Waals surface area contributed by atoms with Gasteiger partial charge in [0.1, 0.15) is 28.5 Å². The smallest absolute Gasteiger partial charge is 0.295 e. The minimum atomic E-state index is -0.498. The van der Waals surface area contributed by atoms with Crippen LogP contribution in [-0.4, -0.2) is 89.8 Å². The van der Waals surface area contributed by atoms with Crippen molar-refractivity contribution in [2.75, 3.05) is 36.8 Å². The lowest BCUT2D eigenvalue weighted by Gasteiger charge is -2.41. The summed E-state index contributed by atoms with van der Waals surface area (Å²) in [5.74, 6) is -1.71. The number of para-hydroxylation sites is 2. The molecule has 0 aliphatic carbocycles. The van der Waals surface area contributed by atoms with Crippen LogP contribution in [0.25, 0.3) is 45.0 Å². The van der Waals surface area contributed by atoms with E-state index in [1.54, 1.807) is 43.1 Å². The van der Waals surface area contributed by atoms with Crippen molar-refractivity contribution in [3.63, 3.8) is 0 Å². The maximum Gasteiger partial charge on any atom is 0.295 e. The van der Waals surface area contributed by atoms with Crippen LogP contribution < -0.4 is 10.6 Å². The van der Waals surface area contributed by atoms with Gasteiger partial charge < -0.3 is 29.3 Å². The van der Waals surface area contributed by atoms with Gasteiger partial charge in [-0.2, -0.15) is 9.97 Å². The Kier molecular flexibility index (Phi) is 12.5. The minimum absolute atomic E-state index is 0.143. The summed E-state index contributed by atoms with van der Waals surface area (Å²) in [4.78, 5) is 60.6. The molecule has 14 nitrogen and oxygen atoms in total. The van der Waals surface area contributed by atoms with Crippen LogP contribution in [0.3, 0.4) is 0 Å². The van der Waals surface area contributed by atoms with E-state index in [-0.39, 0.29) is 76.2 Å². The summed E-state index contributed by atoms with van der Waals surface area (Å²) in [6.07, 6.45) is 8.11. The third-order valence-electron chi connectivity index (χ3n) is 13.4. The Balaban J connectivity index is 0.952. The van der Waals surface area contributed by atoms with Crippen LogP contribution in [0.2, 0.25) is 0 Å². The molecule has 2 amide bonds. The molecule has 2 aliphatic heterocycles. The van der Waals surface area contributed by atoms with Crippen LogP contribution in [-0.2, 0) is 6.42 Å². The Bertz CT molecular complexity index is 3170. The van der Waals surface area contributed by atoms with Gasteiger partial charge in [0.15, 0.2) is 22.8 Å². The molecule has 6 heterocycles. The van der Waals surface area contributed by atoms with Crippen molar-refractivity contribution in [1.29, 1.82) is 0 Å². The molecule has 4 aromatic heterocycles. The van der Waals surface area contributed by atoms with Gasteiger partial charge in [-0.3, -0.25) is 9.59 Å². The second-order valence-electron chi connectivity index (χ2n) is 18.0. The topological polar surface area (TPSA) is 168 Å².